The van der Waals surface area contributed by atoms with Crippen LogP contribution < -0.4 is 0 Å². The van der Waals surface area contributed by atoms with E-state index in [1.54, 1.807) is 30.1 Å². The Hall–Kier alpha value is -1.46. The van der Waals surface area contributed by atoms with Crippen LogP contribution in [0.4, 0.5) is 4.39 Å². The third-order valence-corrected chi connectivity index (χ3v) is 4.61. The molecule has 1 fully saturated rings. The molecule has 2 unspecified atom stereocenters. The molecule has 2 atom stereocenters. The molecular weight excluding hydrogens is 295 g/mol. The van der Waals surface area contributed by atoms with Crippen molar-refractivity contribution in [3.05, 3.63) is 35.6 Å². The summed E-state index contributed by atoms with van der Waals surface area (Å²) in [6.45, 7) is 1.28. The molecule has 0 radical (unpaired) electrons. The molecule has 0 heterocycles. The normalized spacial score (nSPS) is 21.4. The molecule has 1 aliphatic rings. The fraction of sp³-hybridized carbons (Fsp3) is 0.611. The molecule has 4 nitrogen and oxygen atoms in total. The lowest BCUT2D eigenvalue weighted by Gasteiger charge is -2.31. The number of nitrogens with zero attached hydrogens (tertiary/aromatic N) is 2. The molecule has 0 aromatic heterocycles. The number of hydrogen-bond donors (Lipinski definition) is 1. The van der Waals surface area contributed by atoms with Gasteiger partial charge in [-0.25, -0.2) is 4.39 Å². The van der Waals surface area contributed by atoms with Gasteiger partial charge in [0.05, 0.1) is 12.6 Å². The summed E-state index contributed by atoms with van der Waals surface area (Å²) in [7, 11) is 3.59. The minimum Gasteiger partial charge on any atom is -0.393 e. The summed E-state index contributed by atoms with van der Waals surface area (Å²) in [6.07, 6.45) is 3.87. The predicted octanol–water partition coefficient (Wildman–Crippen LogP) is 2.27. The number of carbonyl (C=O) groups is 1. The molecule has 128 valence electrons. The van der Waals surface area contributed by atoms with E-state index in [4.69, 9.17) is 0 Å². The molecular formula is C18H27FN2O2. The summed E-state index contributed by atoms with van der Waals surface area (Å²) in [5, 5.41) is 10.0. The molecule has 1 N–H and O–H groups in total. The zero-order valence-corrected chi connectivity index (χ0v) is 14.0. The third kappa shape index (κ3) is 5.29. The number of rotatable bonds is 6. The fourth-order valence-corrected chi connectivity index (χ4v) is 3.19. The van der Waals surface area contributed by atoms with Gasteiger partial charge in [-0.1, -0.05) is 31.0 Å². The molecule has 1 amide bonds. The summed E-state index contributed by atoms with van der Waals surface area (Å²) >= 11 is 0. The van der Waals surface area contributed by atoms with Crippen LogP contribution in [0.3, 0.4) is 0 Å². The van der Waals surface area contributed by atoms with Gasteiger partial charge in [-0.15, -0.1) is 0 Å². The molecule has 1 aromatic carbocycles. The highest BCUT2D eigenvalue weighted by atomic mass is 19.1. The van der Waals surface area contributed by atoms with Gasteiger partial charge in [-0.05, 0) is 31.9 Å². The van der Waals surface area contributed by atoms with Crippen LogP contribution in [-0.4, -0.2) is 54.1 Å². The van der Waals surface area contributed by atoms with E-state index in [9.17, 15) is 14.3 Å². The van der Waals surface area contributed by atoms with Crippen LogP contribution in [0.5, 0.6) is 0 Å². The highest BCUT2D eigenvalue weighted by Crippen LogP contribution is 2.24. The molecule has 1 aliphatic carbocycles. The Bertz CT molecular complexity index is 523. The fourth-order valence-electron chi connectivity index (χ4n) is 3.19. The van der Waals surface area contributed by atoms with Crippen molar-refractivity contribution in [2.75, 3.05) is 27.2 Å². The second-order valence-electron chi connectivity index (χ2n) is 6.65. The van der Waals surface area contributed by atoms with Gasteiger partial charge in [0, 0.05) is 25.7 Å². The van der Waals surface area contributed by atoms with E-state index in [1.165, 1.54) is 6.07 Å². The lowest BCUT2D eigenvalue weighted by Crippen LogP contribution is -2.41. The first-order valence-corrected chi connectivity index (χ1v) is 8.31. The van der Waals surface area contributed by atoms with Crippen molar-refractivity contribution >= 4 is 5.91 Å². The summed E-state index contributed by atoms with van der Waals surface area (Å²) in [5.41, 5.74) is 0.522. The highest BCUT2D eigenvalue weighted by molar-refractivity contribution is 5.77. The van der Waals surface area contributed by atoms with Crippen LogP contribution >= 0.6 is 0 Å². The molecule has 1 aromatic rings. The van der Waals surface area contributed by atoms with Gasteiger partial charge in [0.2, 0.25) is 5.91 Å². The van der Waals surface area contributed by atoms with Crippen molar-refractivity contribution in [3.63, 3.8) is 0 Å². The number of aliphatic hydroxyl groups excluding tert-OH is 1. The van der Waals surface area contributed by atoms with E-state index >= 15 is 0 Å². The summed E-state index contributed by atoms with van der Waals surface area (Å²) in [4.78, 5) is 15.8. The van der Waals surface area contributed by atoms with Crippen LogP contribution in [-0.2, 0) is 11.3 Å². The molecule has 0 aliphatic heterocycles. The van der Waals surface area contributed by atoms with Crippen molar-refractivity contribution in [2.24, 2.45) is 5.92 Å². The SMILES string of the molecule is CN(CC(=O)N(C)Cc1ccccc1F)CC1CCCCC1O. The zero-order chi connectivity index (χ0) is 16.8. The number of hydrogen-bond acceptors (Lipinski definition) is 3. The largest absolute Gasteiger partial charge is 0.393 e. The maximum atomic E-state index is 13.7. The highest BCUT2D eigenvalue weighted by Gasteiger charge is 2.25. The third-order valence-electron chi connectivity index (χ3n) is 4.61. The minimum atomic E-state index is -0.286. The van der Waals surface area contributed by atoms with Crippen LogP contribution in [0.2, 0.25) is 0 Å². The van der Waals surface area contributed by atoms with E-state index < -0.39 is 0 Å². The van der Waals surface area contributed by atoms with Crippen molar-refractivity contribution < 1.29 is 14.3 Å². The molecule has 1 saturated carbocycles. The molecule has 0 saturated heterocycles. The number of benzene rings is 1. The van der Waals surface area contributed by atoms with Gasteiger partial charge in [-0.3, -0.25) is 9.69 Å². The van der Waals surface area contributed by atoms with Gasteiger partial charge >= 0.3 is 0 Å². The standard InChI is InChI=1S/C18H27FN2O2/c1-20(11-15-8-4-6-10-17(15)22)13-18(23)21(2)12-14-7-3-5-9-16(14)19/h3,5,7,9,15,17,22H,4,6,8,10-13H2,1-2H3. The first-order chi connectivity index (χ1) is 11.0. The van der Waals surface area contributed by atoms with E-state index in [0.29, 0.717) is 5.56 Å². The van der Waals surface area contributed by atoms with Crippen LogP contribution in [0.25, 0.3) is 0 Å². The average molecular weight is 322 g/mol. The minimum absolute atomic E-state index is 0.0407. The Morgan fingerprint density at radius 2 is 1.96 bits per heavy atom. The smallest absolute Gasteiger partial charge is 0.236 e. The monoisotopic (exact) mass is 322 g/mol. The van der Waals surface area contributed by atoms with Crippen molar-refractivity contribution in [1.29, 1.82) is 0 Å². The second kappa shape index (κ2) is 8.41. The molecule has 2 rings (SSSR count). The van der Waals surface area contributed by atoms with E-state index in [2.05, 4.69) is 0 Å². The topological polar surface area (TPSA) is 43.8 Å². The number of halogens is 1. The number of likely N-dealkylation sites (N-methyl/N-ethyl adjacent to an activating group) is 2. The van der Waals surface area contributed by atoms with Crippen LogP contribution in [0, 0.1) is 11.7 Å². The van der Waals surface area contributed by atoms with E-state index in [0.717, 1.165) is 32.2 Å². The molecule has 5 heteroatoms. The summed E-state index contributed by atoms with van der Waals surface area (Å²) < 4.78 is 13.7. The summed E-state index contributed by atoms with van der Waals surface area (Å²) in [5.74, 6) is -0.0784. The second-order valence-corrected chi connectivity index (χ2v) is 6.65. The summed E-state index contributed by atoms with van der Waals surface area (Å²) in [6, 6.07) is 6.52. The van der Waals surface area contributed by atoms with Crippen molar-refractivity contribution in [3.8, 4) is 0 Å². The number of aliphatic hydroxyl groups is 1. The quantitative estimate of drug-likeness (QED) is 0.874. The van der Waals surface area contributed by atoms with E-state index in [1.807, 2.05) is 11.9 Å². The maximum absolute atomic E-state index is 13.7. The Morgan fingerprint density at radius 3 is 2.65 bits per heavy atom. The van der Waals surface area contributed by atoms with Crippen molar-refractivity contribution in [1.82, 2.24) is 9.80 Å². The van der Waals surface area contributed by atoms with Gasteiger partial charge in [0.1, 0.15) is 5.82 Å². The maximum Gasteiger partial charge on any atom is 0.236 e. The van der Waals surface area contributed by atoms with Crippen LogP contribution in [0.15, 0.2) is 24.3 Å². The number of amides is 1. The van der Waals surface area contributed by atoms with Gasteiger partial charge in [-0.2, -0.15) is 0 Å². The first-order valence-electron chi connectivity index (χ1n) is 8.31. The zero-order valence-electron chi connectivity index (χ0n) is 14.0. The molecule has 0 bridgehead atoms. The Labute approximate surface area is 137 Å². The van der Waals surface area contributed by atoms with Gasteiger partial charge < -0.3 is 10.0 Å². The van der Waals surface area contributed by atoms with Crippen molar-refractivity contribution in [2.45, 2.75) is 38.3 Å². The average Bonchev–Trinajstić information content (AvgIpc) is 2.51. The molecule has 23 heavy (non-hydrogen) atoms. The Kier molecular flexibility index (Phi) is 6.54. The predicted molar refractivity (Wildman–Crippen MR) is 88.3 cm³/mol. The van der Waals surface area contributed by atoms with Gasteiger partial charge in [0.15, 0.2) is 0 Å². The molecule has 0 spiro atoms. The Balaban J connectivity index is 1.81. The Morgan fingerprint density at radius 1 is 1.26 bits per heavy atom. The van der Waals surface area contributed by atoms with Crippen LogP contribution in [0.1, 0.15) is 31.2 Å². The number of carbonyl (C=O) groups excluding carboxylic acids is 1. The van der Waals surface area contributed by atoms with E-state index in [-0.39, 0.29) is 36.8 Å². The lowest BCUT2D eigenvalue weighted by molar-refractivity contribution is -0.131. The first kappa shape index (κ1) is 17.9. The lowest BCUT2D eigenvalue weighted by atomic mass is 9.86. The van der Waals surface area contributed by atoms with Gasteiger partial charge in [0.25, 0.3) is 0 Å².